The topological polar surface area (TPSA) is 102 Å². The van der Waals surface area contributed by atoms with E-state index in [1.54, 1.807) is 16.8 Å². The van der Waals surface area contributed by atoms with Gasteiger partial charge in [-0.1, -0.05) is 6.42 Å². The van der Waals surface area contributed by atoms with Gasteiger partial charge >= 0.3 is 0 Å². The minimum Gasteiger partial charge on any atom is -0.384 e. The highest BCUT2D eigenvalue weighted by molar-refractivity contribution is 5.98. The molecule has 7 nitrogen and oxygen atoms in total. The summed E-state index contributed by atoms with van der Waals surface area (Å²) in [6.45, 7) is 1.93. The summed E-state index contributed by atoms with van der Waals surface area (Å²) in [5.74, 6) is 0.281. The van der Waals surface area contributed by atoms with Gasteiger partial charge in [0, 0.05) is 24.4 Å². The Morgan fingerprint density at radius 3 is 2.70 bits per heavy atom. The van der Waals surface area contributed by atoms with Gasteiger partial charge in [0.1, 0.15) is 22.9 Å². The second-order valence-electron chi connectivity index (χ2n) is 7.58. The number of aromatic nitrogens is 2. The number of carbonyl (C=O) groups excluding carboxylic acids is 1. The molecule has 1 saturated carbocycles. The third kappa shape index (κ3) is 2.37. The van der Waals surface area contributed by atoms with Gasteiger partial charge in [-0.15, -0.1) is 12.4 Å². The second-order valence-corrected chi connectivity index (χ2v) is 7.58. The molecule has 2 aromatic rings. The van der Waals surface area contributed by atoms with Crippen LogP contribution in [-0.2, 0) is 12.1 Å². The molecule has 0 aromatic carbocycles. The minimum atomic E-state index is -0.569. The Kier molecular flexibility index (Phi) is 3.96. The molecular formula is C19H22ClN5O2. The van der Waals surface area contributed by atoms with Crippen molar-refractivity contribution in [3.8, 4) is 0 Å². The zero-order chi connectivity index (χ0) is 18.1. The van der Waals surface area contributed by atoms with E-state index in [-0.39, 0.29) is 23.9 Å². The molecule has 2 aromatic heterocycles. The molecule has 4 heterocycles. The van der Waals surface area contributed by atoms with Gasteiger partial charge in [-0.2, -0.15) is 0 Å². The van der Waals surface area contributed by atoms with E-state index in [9.17, 15) is 9.59 Å². The lowest BCUT2D eigenvalue weighted by Crippen LogP contribution is -2.49. The molecule has 3 aliphatic rings. The molecule has 0 saturated heterocycles. The summed E-state index contributed by atoms with van der Waals surface area (Å²) in [6, 6.07) is 1.75. The summed E-state index contributed by atoms with van der Waals surface area (Å²) in [6.07, 6.45) is 7.08. The average molecular weight is 388 g/mol. The van der Waals surface area contributed by atoms with Crippen molar-refractivity contribution in [1.29, 1.82) is 0 Å². The van der Waals surface area contributed by atoms with Gasteiger partial charge in [0.2, 0.25) is 0 Å². The van der Waals surface area contributed by atoms with E-state index in [0.717, 1.165) is 54.5 Å². The lowest BCUT2D eigenvalue weighted by Gasteiger charge is -2.36. The van der Waals surface area contributed by atoms with Crippen molar-refractivity contribution in [3.05, 3.63) is 45.0 Å². The summed E-state index contributed by atoms with van der Waals surface area (Å²) >= 11 is 0. The monoisotopic (exact) mass is 387 g/mol. The number of nitrogen functional groups attached to an aromatic ring is 1. The number of carbonyl (C=O) groups is 1. The zero-order valence-electron chi connectivity index (χ0n) is 15.1. The number of amides is 1. The lowest BCUT2D eigenvalue weighted by atomic mass is 9.88. The molecule has 1 amide bonds. The normalized spacial score (nSPS) is 18.6. The van der Waals surface area contributed by atoms with Crippen molar-refractivity contribution in [1.82, 2.24) is 14.9 Å². The van der Waals surface area contributed by atoms with E-state index in [1.807, 2.05) is 6.92 Å². The average Bonchev–Trinajstić information content (AvgIpc) is 2.91. The van der Waals surface area contributed by atoms with Crippen molar-refractivity contribution in [2.24, 2.45) is 0 Å². The first-order valence-corrected chi connectivity index (χ1v) is 9.13. The molecule has 4 N–H and O–H groups in total. The lowest BCUT2D eigenvalue weighted by molar-refractivity contribution is 0.0876. The number of halogens is 1. The predicted octanol–water partition coefficient (Wildman–Crippen LogP) is 2.56. The Labute approximate surface area is 162 Å². The molecule has 1 spiro atoms. The molecule has 142 valence electrons. The Morgan fingerprint density at radius 1 is 1.22 bits per heavy atom. The molecular weight excluding hydrogens is 366 g/mol. The van der Waals surface area contributed by atoms with Gasteiger partial charge in [0.05, 0.1) is 0 Å². The van der Waals surface area contributed by atoms with Crippen LogP contribution in [0.2, 0.25) is 0 Å². The minimum absolute atomic E-state index is 0. The molecule has 0 atom stereocenters. The van der Waals surface area contributed by atoms with Crippen molar-refractivity contribution >= 4 is 35.5 Å². The van der Waals surface area contributed by atoms with Gasteiger partial charge in [-0.25, -0.2) is 4.98 Å². The first-order chi connectivity index (χ1) is 12.5. The van der Waals surface area contributed by atoms with E-state index >= 15 is 0 Å². The fraction of sp³-hybridized carbons (Fsp3) is 0.421. The Morgan fingerprint density at radius 2 is 1.96 bits per heavy atom. The summed E-state index contributed by atoms with van der Waals surface area (Å²) in [7, 11) is 0. The molecule has 0 radical (unpaired) electrons. The zero-order valence-corrected chi connectivity index (χ0v) is 15.9. The van der Waals surface area contributed by atoms with Crippen molar-refractivity contribution < 1.29 is 4.79 Å². The highest BCUT2D eigenvalue weighted by atomic mass is 35.5. The van der Waals surface area contributed by atoms with E-state index in [0.29, 0.717) is 23.6 Å². The summed E-state index contributed by atoms with van der Waals surface area (Å²) in [5.41, 5.74) is 9.73. The van der Waals surface area contributed by atoms with Crippen LogP contribution >= 0.6 is 12.4 Å². The Bertz CT molecular complexity index is 1020. The number of rotatable bonds is 0. The number of hydrogen-bond donors (Lipinski definition) is 3. The van der Waals surface area contributed by atoms with Crippen LogP contribution in [0.4, 0.5) is 17.2 Å². The van der Waals surface area contributed by atoms with E-state index < -0.39 is 5.66 Å². The Hall–Kier alpha value is -2.54. The number of pyridine rings is 2. The van der Waals surface area contributed by atoms with Crippen molar-refractivity contribution in [2.45, 2.75) is 51.1 Å². The van der Waals surface area contributed by atoms with Crippen LogP contribution in [0.15, 0.2) is 17.1 Å². The van der Waals surface area contributed by atoms with Gasteiger partial charge in [-0.05, 0) is 49.3 Å². The molecule has 2 aliphatic heterocycles. The van der Waals surface area contributed by atoms with E-state index in [2.05, 4.69) is 15.6 Å². The predicted molar refractivity (Wildman–Crippen MR) is 106 cm³/mol. The van der Waals surface area contributed by atoms with Crippen LogP contribution in [0.25, 0.3) is 0 Å². The molecule has 1 fully saturated rings. The van der Waals surface area contributed by atoms with Gasteiger partial charge in [0.25, 0.3) is 11.5 Å². The third-order valence-electron chi connectivity index (χ3n) is 6.05. The summed E-state index contributed by atoms with van der Waals surface area (Å²) in [4.78, 5) is 30.3. The van der Waals surface area contributed by atoms with Crippen molar-refractivity contribution in [2.75, 3.05) is 11.1 Å². The number of anilines is 3. The van der Waals surface area contributed by atoms with Crippen LogP contribution in [-0.4, -0.2) is 15.5 Å². The number of nitrogens with two attached hydrogens (primary N) is 1. The number of nitrogens with one attached hydrogen (secondary N) is 2. The maximum Gasteiger partial charge on any atom is 0.277 e. The van der Waals surface area contributed by atoms with Crippen LogP contribution in [0.5, 0.6) is 0 Å². The molecule has 5 rings (SSSR count). The largest absolute Gasteiger partial charge is 0.384 e. The summed E-state index contributed by atoms with van der Waals surface area (Å²) < 4.78 is 1.73. The third-order valence-corrected chi connectivity index (χ3v) is 6.05. The van der Waals surface area contributed by atoms with Crippen molar-refractivity contribution in [3.63, 3.8) is 0 Å². The number of nitrogens with zero attached hydrogens (tertiary/aromatic N) is 2. The molecule has 0 unspecified atom stereocenters. The molecule has 0 bridgehead atoms. The molecule has 8 heteroatoms. The van der Waals surface area contributed by atoms with E-state index in [4.69, 9.17) is 5.73 Å². The fourth-order valence-corrected chi connectivity index (χ4v) is 4.76. The molecule has 1 aliphatic carbocycles. The first kappa shape index (κ1) is 17.9. The summed E-state index contributed by atoms with van der Waals surface area (Å²) in [5, 5.41) is 6.40. The highest BCUT2D eigenvalue weighted by Crippen LogP contribution is 2.40. The Balaban J connectivity index is 0.00000180. The van der Waals surface area contributed by atoms with Gasteiger partial charge in [0.15, 0.2) is 0 Å². The first-order valence-electron chi connectivity index (χ1n) is 9.13. The fourth-order valence-electron chi connectivity index (χ4n) is 4.76. The number of hydrogen-bond acceptors (Lipinski definition) is 5. The van der Waals surface area contributed by atoms with Gasteiger partial charge < -0.3 is 16.4 Å². The standard InChI is InChI=1S/C19H21N5O2.ClH/c1-10-12-7-11-9-21-14(20)8-13(11)22-15(12)18(26)24-16(10)17(25)23-19(24)5-3-2-4-6-19;/h8-9,22H,2-7H2,1H3,(H2,20,21)(H,23,25);1H. The van der Waals surface area contributed by atoms with Crippen LogP contribution in [0.1, 0.15) is 59.3 Å². The van der Waals surface area contributed by atoms with Crippen LogP contribution < -0.4 is 21.9 Å². The van der Waals surface area contributed by atoms with E-state index in [1.165, 1.54) is 0 Å². The maximum absolute atomic E-state index is 13.4. The quantitative estimate of drug-likeness (QED) is 0.550. The highest BCUT2D eigenvalue weighted by Gasteiger charge is 2.46. The number of fused-ring (bicyclic) bond motifs is 4. The van der Waals surface area contributed by atoms with Gasteiger partial charge in [-0.3, -0.25) is 14.2 Å². The van der Waals surface area contributed by atoms with Crippen LogP contribution in [0.3, 0.4) is 0 Å². The SMILES string of the molecule is Cc1c2c(c(=O)n3c1C(=O)NC31CCCCC1)Nc1cc(N)ncc1C2.Cl. The second kappa shape index (κ2) is 5.99. The maximum atomic E-state index is 13.4. The smallest absolute Gasteiger partial charge is 0.277 e. The van der Waals surface area contributed by atoms with Crippen LogP contribution in [0, 0.1) is 6.92 Å². The molecule has 27 heavy (non-hydrogen) atoms.